The molecule has 5 aliphatic carbocycles. The number of rotatable bonds is 3. The number of ketones is 1. The van der Waals surface area contributed by atoms with Crippen molar-refractivity contribution in [3.63, 3.8) is 0 Å². The predicted octanol–water partition coefficient (Wildman–Crippen LogP) is 5.84. The first-order valence-corrected chi connectivity index (χ1v) is 10.8. The van der Waals surface area contributed by atoms with Gasteiger partial charge >= 0.3 is 0 Å². The van der Waals surface area contributed by atoms with Crippen LogP contribution in [0.2, 0.25) is 0 Å². The van der Waals surface area contributed by atoms with E-state index < -0.39 is 0 Å². The Morgan fingerprint density at radius 1 is 1.04 bits per heavy atom. The van der Waals surface area contributed by atoms with E-state index >= 15 is 0 Å². The molecule has 0 spiro atoms. The Balaban J connectivity index is 1.51. The Bertz CT molecular complexity index is 778. The van der Waals surface area contributed by atoms with Crippen molar-refractivity contribution in [2.24, 2.45) is 28.6 Å². The molecular formula is C25H32O2. The maximum Gasteiger partial charge on any atom is 0.162 e. The molecule has 4 fully saturated rings. The summed E-state index contributed by atoms with van der Waals surface area (Å²) in [5.74, 6) is 3.81. The number of carbonyl (C=O) groups excluding carboxylic acids is 1. The number of carbonyl (C=O) groups is 1. The smallest absolute Gasteiger partial charge is 0.162 e. The third kappa shape index (κ3) is 2.96. The first-order chi connectivity index (χ1) is 12.9. The number of hydrogen-bond acceptors (Lipinski definition) is 2. The molecule has 0 N–H and O–H groups in total. The number of benzene rings is 1. The number of hydrogen-bond donors (Lipinski definition) is 0. The molecule has 4 bridgehead atoms. The Morgan fingerprint density at radius 3 is 2.26 bits per heavy atom. The molecule has 4 saturated carbocycles. The summed E-state index contributed by atoms with van der Waals surface area (Å²) in [6.45, 7) is 4.64. The van der Waals surface area contributed by atoms with E-state index in [2.05, 4.69) is 32.1 Å². The zero-order valence-corrected chi connectivity index (χ0v) is 17.0. The summed E-state index contributed by atoms with van der Waals surface area (Å²) >= 11 is 0. The van der Waals surface area contributed by atoms with Gasteiger partial charge in [0.25, 0.3) is 0 Å². The number of fused-ring (bicyclic) bond motifs is 1. The van der Waals surface area contributed by atoms with E-state index in [1.165, 1.54) is 36.0 Å². The van der Waals surface area contributed by atoms with Crippen molar-refractivity contribution in [3.05, 3.63) is 35.4 Å². The van der Waals surface area contributed by atoms with Crippen LogP contribution in [0.1, 0.15) is 69.9 Å². The number of methoxy groups -OCH3 is 1. The van der Waals surface area contributed by atoms with Crippen molar-refractivity contribution in [1.82, 2.24) is 0 Å². The summed E-state index contributed by atoms with van der Waals surface area (Å²) in [4.78, 5) is 13.6. The SMILES string of the molecule is COc1ccc2c(c1)CC(C)(C)C/C2=C\C(=O)C12CC3CC(CC(C3)C1)C2. The largest absolute Gasteiger partial charge is 0.497 e. The average molecular weight is 365 g/mol. The van der Waals surface area contributed by atoms with Crippen LogP contribution in [0.4, 0.5) is 0 Å². The number of ether oxygens (including phenoxy) is 1. The van der Waals surface area contributed by atoms with Gasteiger partial charge in [-0.15, -0.1) is 0 Å². The van der Waals surface area contributed by atoms with E-state index in [0.717, 1.165) is 55.6 Å². The topological polar surface area (TPSA) is 26.3 Å². The van der Waals surface area contributed by atoms with Crippen LogP contribution in [0.3, 0.4) is 0 Å². The minimum Gasteiger partial charge on any atom is -0.497 e. The summed E-state index contributed by atoms with van der Waals surface area (Å²) in [5, 5.41) is 0. The third-order valence-corrected chi connectivity index (χ3v) is 7.86. The van der Waals surface area contributed by atoms with Gasteiger partial charge < -0.3 is 4.74 Å². The molecule has 0 atom stereocenters. The van der Waals surface area contributed by atoms with Crippen molar-refractivity contribution in [2.75, 3.05) is 7.11 Å². The second-order valence-corrected chi connectivity index (χ2v) is 10.8. The molecule has 0 heterocycles. The first kappa shape index (κ1) is 17.5. The minimum absolute atomic E-state index is 0.0318. The zero-order valence-electron chi connectivity index (χ0n) is 17.0. The fourth-order valence-electron chi connectivity index (χ4n) is 7.20. The molecule has 0 saturated heterocycles. The number of allylic oxidation sites excluding steroid dienone is 2. The fraction of sp³-hybridized carbons (Fsp3) is 0.640. The van der Waals surface area contributed by atoms with E-state index in [4.69, 9.17) is 4.74 Å². The van der Waals surface area contributed by atoms with Gasteiger partial charge in [0.15, 0.2) is 5.78 Å². The Morgan fingerprint density at radius 2 is 1.67 bits per heavy atom. The van der Waals surface area contributed by atoms with E-state index in [-0.39, 0.29) is 10.8 Å². The monoisotopic (exact) mass is 364 g/mol. The second kappa shape index (κ2) is 5.96. The van der Waals surface area contributed by atoms with E-state index in [9.17, 15) is 4.79 Å². The molecule has 27 heavy (non-hydrogen) atoms. The molecule has 2 nitrogen and oxygen atoms in total. The average Bonchev–Trinajstić information content (AvgIpc) is 2.59. The molecule has 0 amide bonds. The van der Waals surface area contributed by atoms with Gasteiger partial charge in [0.2, 0.25) is 0 Å². The molecule has 0 aliphatic heterocycles. The summed E-state index contributed by atoms with van der Waals surface area (Å²) in [7, 11) is 1.73. The molecule has 0 radical (unpaired) electrons. The van der Waals surface area contributed by atoms with Gasteiger partial charge in [-0.05, 0) is 109 Å². The highest BCUT2D eigenvalue weighted by Crippen LogP contribution is 2.60. The van der Waals surface area contributed by atoms with Crippen molar-refractivity contribution in [2.45, 2.75) is 65.2 Å². The van der Waals surface area contributed by atoms with Crippen LogP contribution in [0.15, 0.2) is 24.3 Å². The van der Waals surface area contributed by atoms with Crippen molar-refractivity contribution in [3.8, 4) is 5.75 Å². The molecule has 1 aromatic carbocycles. The van der Waals surface area contributed by atoms with Crippen LogP contribution in [0.5, 0.6) is 5.75 Å². The lowest BCUT2D eigenvalue weighted by Gasteiger charge is -2.55. The van der Waals surface area contributed by atoms with E-state index in [1.54, 1.807) is 7.11 Å². The highest BCUT2D eigenvalue weighted by atomic mass is 16.5. The van der Waals surface area contributed by atoms with Crippen LogP contribution >= 0.6 is 0 Å². The summed E-state index contributed by atoms with van der Waals surface area (Å²) in [6.07, 6.45) is 11.7. The van der Waals surface area contributed by atoms with Crippen molar-refractivity contribution >= 4 is 11.4 Å². The standard InChI is InChI=1S/C25H32O2/c1-24(2)14-19-9-21(27-3)4-5-22(19)20(15-24)10-23(26)25-11-16-6-17(12-25)8-18(7-16)13-25/h4-5,9-10,16-18H,6-8,11-15H2,1-3H3/b20-10+. The van der Waals surface area contributed by atoms with Gasteiger partial charge in [-0.25, -0.2) is 0 Å². The molecule has 5 aliphatic rings. The maximum absolute atomic E-state index is 13.6. The van der Waals surface area contributed by atoms with Crippen LogP contribution in [0, 0.1) is 28.6 Å². The van der Waals surface area contributed by atoms with Gasteiger partial charge in [0, 0.05) is 5.41 Å². The fourth-order valence-corrected chi connectivity index (χ4v) is 7.20. The van der Waals surface area contributed by atoms with Gasteiger partial charge in [-0.2, -0.15) is 0 Å². The Kier molecular flexibility index (Phi) is 3.87. The lowest BCUT2D eigenvalue weighted by atomic mass is 9.48. The normalized spacial score (nSPS) is 37.3. The van der Waals surface area contributed by atoms with Crippen LogP contribution in [-0.4, -0.2) is 12.9 Å². The summed E-state index contributed by atoms with van der Waals surface area (Å²) in [6, 6.07) is 6.38. The highest BCUT2D eigenvalue weighted by Gasteiger charge is 2.53. The van der Waals surface area contributed by atoms with Gasteiger partial charge in [0.1, 0.15) is 5.75 Å². The van der Waals surface area contributed by atoms with Crippen LogP contribution in [-0.2, 0) is 11.2 Å². The molecule has 0 unspecified atom stereocenters. The van der Waals surface area contributed by atoms with Gasteiger partial charge in [-0.1, -0.05) is 19.9 Å². The Hall–Kier alpha value is -1.57. The molecule has 0 aromatic heterocycles. The van der Waals surface area contributed by atoms with Crippen molar-refractivity contribution in [1.29, 1.82) is 0 Å². The lowest BCUT2D eigenvalue weighted by Crippen LogP contribution is -2.49. The molecule has 2 heteroatoms. The summed E-state index contributed by atoms with van der Waals surface area (Å²) in [5.41, 5.74) is 4.01. The van der Waals surface area contributed by atoms with Crippen LogP contribution < -0.4 is 4.74 Å². The Labute approximate surface area is 163 Å². The lowest BCUT2D eigenvalue weighted by molar-refractivity contribution is -0.138. The second-order valence-electron chi connectivity index (χ2n) is 10.8. The van der Waals surface area contributed by atoms with E-state index in [1.807, 2.05) is 6.07 Å². The highest BCUT2D eigenvalue weighted by molar-refractivity contribution is 6.01. The van der Waals surface area contributed by atoms with Gasteiger partial charge in [-0.3, -0.25) is 4.79 Å². The minimum atomic E-state index is -0.0318. The summed E-state index contributed by atoms with van der Waals surface area (Å²) < 4.78 is 5.44. The predicted molar refractivity (Wildman–Crippen MR) is 109 cm³/mol. The first-order valence-electron chi connectivity index (χ1n) is 10.8. The van der Waals surface area contributed by atoms with Crippen LogP contribution in [0.25, 0.3) is 5.57 Å². The van der Waals surface area contributed by atoms with Gasteiger partial charge in [0.05, 0.1) is 7.11 Å². The molecular weight excluding hydrogens is 332 g/mol. The molecule has 144 valence electrons. The maximum atomic E-state index is 13.6. The quantitative estimate of drug-likeness (QED) is 0.630. The third-order valence-electron chi connectivity index (χ3n) is 7.86. The van der Waals surface area contributed by atoms with Crippen molar-refractivity contribution < 1.29 is 9.53 Å². The molecule has 6 rings (SSSR count). The molecule has 1 aromatic rings. The zero-order chi connectivity index (χ0) is 18.8. The van der Waals surface area contributed by atoms with E-state index in [0.29, 0.717) is 5.78 Å².